The number of ether oxygens (including phenoxy) is 1. The molecule has 0 aliphatic rings. The number of anilines is 1. The highest BCUT2D eigenvalue weighted by atomic mass is 16.5. The molecule has 0 fully saturated rings. The first-order valence-corrected chi connectivity index (χ1v) is 9.73. The average Bonchev–Trinajstić information content (AvgIpc) is 3.23. The molecule has 0 spiro atoms. The zero-order valence-electron chi connectivity index (χ0n) is 17.1. The highest BCUT2D eigenvalue weighted by molar-refractivity contribution is 5.94. The van der Waals surface area contributed by atoms with Crippen molar-refractivity contribution >= 4 is 17.5 Å². The first kappa shape index (κ1) is 21.1. The molecule has 0 radical (unpaired) electrons. The van der Waals surface area contributed by atoms with Gasteiger partial charge in [-0.1, -0.05) is 36.4 Å². The van der Waals surface area contributed by atoms with Crippen molar-refractivity contribution in [1.29, 1.82) is 0 Å². The van der Waals surface area contributed by atoms with E-state index in [-0.39, 0.29) is 18.4 Å². The Morgan fingerprint density at radius 2 is 1.93 bits per heavy atom. The maximum atomic E-state index is 12.3. The number of nitrogens with one attached hydrogen (secondary N) is 1. The Balaban J connectivity index is 1.42. The number of aryl methyl sites for hydroxylation is 1. The number of carbonyl (C=O) groups is 2. The van der Waals surface area contributed by atoms with Gasteiger partial charge in [0, 0.05) is 37.2 Å². The van der Waals surface area contributed by atoms with Crippen molar-refractivity contribution in [2.24, 2.45) is 0 Å². The van der Waals surface area contributed by atoms with Crippen LogP contribution in [0.3, 0.4) is 0 Å². The van der Waals surface area contributed by atoms with E-state index >= 15 is 0 Å². The summed E-state index contributed by atoms with van der Waals surface area (Å²) in [5, 5.41) is 2.76. The van der Waals surface area contributed by atoms with Crippen molar-refractivity contribution in [3.05, 3.63) is 66.7 Å². The van der Waals surface area contributed by atoms with Crippen LogP contribution in [0.2, 0.25) is 0 Å². The summed E-state index contributed by atoms with van der Waals surface area (Å²) in [5.41, 5.74) is 1.59. The Morgan fingerprint density at radius 1 is 1.13 bits per heavy atom. The van der Waals surface area contributed by atoms with E-state index in [1.807, 2.05) is 30.3 Å². The van der Waals surface area contributed by atoms with Gasteiger partial charge in [0.25, 0.3) is 0 Å². The van der Waals surface area contributed by atoms with E-state index in [1.54, 1.807) is 44.6 Å². The molecular formula is C23H25N3O4. The van der Waals surface area contributed by atoms with E-state index < -0.39 is 0 Å². The van der Waals surface area contributed by atoms with Gasteiger partial charge in [0.1, 0.15) is 5.75 Å². The Kier molecular flexibility index (Phi) is 7.21. The normalized spacial score (nSPS) is 10.5. The molecule has 0 saturated heterocycles. The molecule has 1 aromatic heterocycles. The summed E-state index contributed by atoms with van der Waals surface area (Å²) in [7, 11) is 3.18. The Labute approximate surface area is 175 Å². The third-order valence-corrected chi connectivity index (χ3v) is 4.55. The van der Waals surface area contributed by atoms with Gasteiger partial charge in [0.15, 0.2) is 11.7 Å². The SMILES string of the molecule is COc1cccc(NC(=O)CN(C)C(=O)CCCc2ncc(-c3ccccc3)o2)c1. The van der Waals surface area contributed by atoms with Crippen LogP contribution < -0.4 is 10.1 Å². The van der Waals surface area contributed by atoms with Crippen LogP contribution in [0, 0.1) is 0 Å². The summed E-state index contributed by atoms with van der Waals surface area (Å²) in [6.07, 6.45) is 3.16. The van der Waals surface area contributed by atoms with Crippen molar-refractivity contribution in [1.82, 2.24) is 9.88 Å². The average molecular weight is 407 g/mol. The molecule has 1 N–H and O–H groups in total. The first-order valence-electron chi connectivity index (χ1n) is 9.73. The Hall–Kier alpha value is -3.61. The summed E-state index contributed by atoms with van der Waals surface area (Å²) in [6, 6.07) is 16.8. The van der Waals surface area contributed by atoms with Crippen LogP contribution in [0.5, 0.6) is 5.75 Å². The second-order valence-electron chi connectivity index (χ2n) is 6.87. The molecule has 7 heteroatoms. The van der Waals surface area contributed by atoms with Crippen LogP contribution >= 0.6 is 0 Å². The van der Waals surface area contributed by atoms with Crippen LogP contribution in [0.4, 0.5) is 5.69 Å². The van der Waals surface area contributed by atoms with Gasteiger partial charge in [-0.05, 0) is 18.6 Å². The Morgan fingerprint density at radius 3 is 2.70 bits per heavy atom. The largest absolute Gasteiger partial charge is 0.497 e. The van der Waals surface area contributed by atoms with Gasteiger partial charge < -0.3 is 19.4 Å². The summed E-state index contributed by atoms with van der Waals surface area (Å²) in [6.45, 7) is -0.0206. The number of benzene rings is 2. The lowest BCUT2D eigenvalue weighted by molar-refractivity contribution is -0.133. The molecule has 1 heterocycles. The zero-order chi connectivity index (χ0) is 21.3. The first-order chi connectivity index (χ1) is 14.5. The molecule has 0 unspecified atom stereocenters. The number of hydrogen-bond donors (Lipinski definition) is 1. The number of aromatic nitrogens is 1. The fourth-order valence-electron chi connectivity index (χ4n) is 2.95. The minimum Gasteiger partial charge on any atom is -0.497 e. The van der Waals surface area contributed by atoms with Gasteiger partial charge in [-0.15, -0.1) is 0 Å². The van der Waals surface area contributed by atoms with Crippen LogP contribution in [0.15, 0.2) is 65.2 Å². The number of hydrogen-bond acceptors (Lipinski definition) is 5. The molecule has 0 aliphatic heterocycles. The minimum absolute atomic E-state index is 0.0206. The maximum Gasteiger partial charge on any atom is 0.243 e. The van der Waals surface area contributed by atoms with Gasteiger partial charge in [-0.2, -0.15) is 0 Å². The number of nitrogens with zero attached hydrogens (tertiary/aromatic N) is 2. The van der Waals surface area contributed by atoms with E-state index in [1.165, 1.54) is 4.90 Å². The molecule has 2 aromatic carbocycles. The third kappa shape index (κ3) is 5.94. The molecule has 30 heavy (non-hydrogen) atoms. The topological polar surface area (TPSA) is 84.7 Å². The molecule has 0 saturated carbocycles. The Bertz CT molecular complexity index is 985. The molecule has 0 aliphatic carbocycles. The van der Waals surface area contributed by atoms with Gasteiger partial charge in [0.2, 0.25) is 11.8 Å². The molecule has 0 atom stereocenters. The van der Waals surface area contributed by atoms with E-state index in [2.05, 4.69) is 10.3 Å². The second-order valence-corrected chi connectivity index (χ2v) is 6.87. The standard InChI is InChI=1S/C23H25N3O4/c1-26(16-21(27)25-18-10-6-11-19(14-18)29-2)23(28)13-7-12-22-24-15-20(30-22)17-8-4-3-5-9-17/h3-6,8-11,14-15H,7,12-13,16H2,1-2H3,(H,25,27). The number of methoxy groups -OCH3 is 1. The van der Waals surface area contributed by atoms with Gasteiger partial charge >= 0.3 is 0 Å². The van der Waals surface area contributed by atoms with Crippen molar-refractivity contribution in [2.45, 2.75) is 19.3 Å². The van der Waals surface area contributed by atoms with E-state index in [0.717, 1.165) is 5.56 Å². The number of likely N-dealkylation sites (N-methyl/N-ethyl adjacent to an activating group) is 1. The van der Waals surface area contributed by atoms with Gasteiger partial charge in [0.05, 0.1) is 19.9 Å². The van der Waals surface area contributed by atoms with Crippen molar-refractivity contribution < 1.29 is 18.7 Å². The molecular weight excluding hydrogens is 382 g/mol. The summed E-state index contributed by atoms with van der Waals surface area (Å²) >= 11 is 0. The summed E-state index contributed by atoms with van der Waals surface area (Å²) in [5.74, 6) is 1.59. The predicted molar refractivity (Wildman–Crippen MR) is 114 cm³/mol. The molecule has 3 aromatic rings. The fourth-order valence-corrected chi connectivity index (χ4v) is 2.95. The molecule has 0 bridgehead atoms. The lowest BCUT2D eigenvalue weighted by Crippen LogP contribution is -2.34. The van der Waals surface area contributed by atoms with Crippen molar-refractivity contribution in [2.75, 3.05) is 26.0 Å². The van der Waals surface area contributed by atoms with Crippen LogP contribution in [0.1, 0.15) is 18.7 Å². The van der Waals surface area contributed by atoms with Crippen LogP contribution in [-0.2, 0) is 16.0 Å². The number of rotatable bonds is 9. The smallest absolute Gasteiger partial charge is 0.243 e. The molecule has 7 nitrogen and oxygen atoms in total. The number of carbonyl (C=O) groups excluding carboxylic acids is 2. The van der Waals surface area contributed by atoms with Gasteiger partial charge in [-0.25, -0.2) is 4.98 Å². The lowest BCUT2D eigenvalue weighted by Gasteiger charge is -2.16. The van der Waals surface area contributed by atoms with E-state index in [4.69, 9.17) is 9.15 Å². The summed E-state index contributed by atoms with van der Waals surface area (Å²) in [4.78, 5) is 30.2. The highest BCUT2D eigenvalue weighted by Crippen LogP contribution is 2.20. The second kappa shape index (κ2) is 10.2. The van der Waals surface area contributed by atoms with Crippen LogP contribution in [-0.4, -0.2) is 42.4 Å². The van der Waals surface area contributed by atoms with E-state index in [9.17, 15) is 9.59 Å². The van der Waals surface area contributed by atoms with Crippen molar-refractivity contribution in [3.63, 3.8) is 0 Å². The quantitative estimate of drug-likeness (QED) is 0.584. The molecule has 3 rings (SSSR count). The van der Waals surface area contributed by atoms with Gasteiger partial charge in [-0.3, -0.25) is 9.59 Å². The maximum absolute atomic E-state index is 12.3. The van der Waals surface area contributed by atoms with E-state index in [0.29, 0.717) is 42.4 Å². The number of amides is 2. The predicted octanol–water partition coefficient (Wildman–Crippen LogP) is 3.77. The minimum atomic E-state index is -0.265. The monoisotopic (exact) mass is 407 g/mol. The number of oxazole rings is 1. The zero-order valence-corrected chi connectivity index (χ0v) is 17.1. The summed E-state index contributed by atoms with van der Waals surface area (Å²) < 4.78 is 10.9. The molecule has 156 valence electrons. The van der Waals surface area contributed by atoms with Crippen molar-refractivity contribution in [3.8, 4) is 17.1 Å². The lowest BCUT2D eigenvalue weighted by atomic mass is 10.2. The highest BCUT2D eigenvalue weighted by Gasteiger charge is 2.14. The molecule has 2 amide bonds. The fraction of sp³-hybridized carbons (Fsp3) is 0.261. The third-order valence-electron chi connectivity index (χ3n) is 4.55. The van der Waals surface area contributed by atoms with Crippen LogP contribution in [0.25, 0.3) is 11.3 Å².